The third-order valence-electron chi connectivity index (χ3n) is 5.18. The highest BCUT2D eigenvalue weighted by molar-refractivity contribution is 5.67. The van der Waals surface area contributed by atoms with Gasteiger partial charge < -0.3 is 14.4 Å². The SMILES string of the molecule is CCC(C)(CC(C)(C)C(C)(C)C)OCCN(C)C(=O)OC(C)(C)C. The first-order valence-electron chi connectivity index (χ1n) is 9.11. The number of hydrogen-bond donors (Lipinski definition) is 0. The lowest BCUT2D eigenvalue weighted by atomic mass is 9.64. The molecule has 1 unspecified atom stereocenters. The smallest absolute Gasteiger partial charge is 0.410 e. The van der Waals surface area contributed by atoms with E-state index < -0.39 is 5.60 Å². The van der Waals surface area contributed by atoms with Gasteiger partial charge in [0.2, 0.25) is 0 Å². The summed E-state index contributed by atoms with van der Waals surface area (Å²) in [6.07, 6.45) is 1.62. The van der Waals surface area contributed by atoms with E-state index in [9.17, 15) is 4.79 Å². The van der Waals surface area contributed by atoms with Gasteiger partial charge in [0.05, 0.1) is 12.2 Å². The Labute approximate surface area is 150 Å². The Balaban J connectivity index is 4.62. The average molecular weight is 344 g/mol. The molecular formula is C20H41NO3. The Morgan fingerprint density at radius 3 is 1.83 bits per heavy atom. The molecule has 0 radical (unpaired) electrons. The summed E-state index contributed by atoms with van der Waals surface area (Å²) in [6, 6.07) is 0. The van der Waals surface area contributed by atoms with Crippen LogP contribution in [0.5, 0.6) is 0 Å². The van der Waals surface area contributed by atoms with E-state index in [4.69, 9.17) is 9.47 Å². The van der Waals surface area contributed by atoms with Crippen LogP contribution in [0.2, 0.25) is 0 Å². The third-order valence-corrected chi connectivity index (χ3v) is 5.18. The van der Waals surface area contributed by atoms with Crippen molar-refractivity contribution in [3.8, 4) is 0 Å². The molecule has 0 aliphatic carbocycles. The minimum atomic E-state index is -0.471. The van der Waals surface area contributed by atoms with Crippen LogP contribution in [0.3, 0.4) is 0 Å². The van der Waals surface area contributed by atoms with Crippen molar-refractivity contribution < 1.29 is 14.3 Å². The van der Waals surface area contributed by atoms with E-state index >= 15 is 0 Å². The Morgan fingerprint density at radius 2 is 1.46 bits per heavy atom. The fraction of sp³-hybridized carbons (Fsp3) is 0.950. The van der Waals surface area contributed by atoms with Crippen LogP contribution < -0.4 is 0 Å². The normalized spacial score (nSPS) is 15.8. The summed E-state index contributed by atoms with van der Waals surface area (Å²) in [5, 5.41) is 0. The van der Waals surface area contributed by atoms with Gasteiger partial charge in [0.15, 0.2) is 0 Å². The molecule has 4 nitrogen and oxygen atoms in total. The predicted octanol–water partition coefficient (Wildman–Crippen LogP) is 5.50. The lowest BCUT2D eigenvalue weighted by molar-refractivity contribution is -0.0842. The molecule has 0 aliphatic rings. The molecule has 1 amide bonds. The molecule has 0 heterocycles. The van der Waals surface area contributed by atoms with Crippen molar-refractivity contribution in [1.82, 2.24) is 4.90 Å². The Hall–Kier alpha value is -0.770. The van der Waals surface area contributed by atoms with Crippen LogP contribution in [0.15, 0.2) is 0 Å². The Kier molecular flexibility index (Phi) is 7.81. The molecule has 0 saturated carbocycles. The van der Waals surface area contributed by atoms with Crippen LogP contribution in [0, 0.1) is 10.8 Å². The first kappa shape index (κ1) is 23.2. The van der Waals surface area contributed by atoms with Gasteiger partial charge in [-0.2, -0.15) is 0 Å². The summed E-state index contributed by atoms with van der Waals surface area (Å²) in [5.74, 6) is 0. The highest BCUT2D eigenvalue weighted by Gasteiger charge is 2.39. The molecule has 1 atom stereocenters. The summed E-state index contributed by atoms with van der Waals surface area (Å²) in [6.45, 7) is 22.4. The van der Waals surface area contributed by atoms with Crippen molar-refractivity contribution in [2.45, 2.75) is 93.3 Å². The zero-order valence-corrected chi connectivity index (χ0v) is 18.0. The highest BCUT2D eigenvalue weighted by Crippen LogP contribution is 2.45. The predicted molar refractivity (Wildman–Crippen MR) is 101 cm³/mol. The van der Waals surface area contributed by atoms with Crippen molar-refractivity contribution >= 4 is 6.09 Å². The van der Waals surface area contributed by atoms with E-state index in [2.05, 4.69) is 48.5 Å². The molecule has 0 saturated heterocycles. The first-order valence-corrected chi connectivity index (χ1v) is 9.11. The third kappa shape index (κ3) is 7.87. The topological polar surface area (TPSA) is 38.8 Å². The average Bonchev–Trinajstić information content (AvgIpc) is 2.34. The highest BCUT2D eigenvalue weighted by atomic mass is 16.6. The van der Waals surface area contributed by atoms with E-state index in [0.717, 1.165) is 12.8 Å². The summed E-state index contributed by atoms with van der Waals surface area (Å²) < 4.78 is 11.6. The zero-order chi connectivity index (χ0) is 19.4. The van der Waals surface area contributed by atoms with Crippen LogP contribution in [-0.2, 0) is 9.47 Å². The van der Waals surface area contributed by atoms with Gasteiger partial charge in [0.25, 0.3) is 0 Å². The molecule has 0 aromatic rings. The molecule has 4 heteroatoms. The van der Waals surface area contributed by atoms with E-state index in [1.165, 1.54) is 0 Å². The maximum Gasteiger partial charge on any atom is 0.410 e. The number of carbonyl (C=O) groups is 1. The van der Waals surface area contributed by atoms with Crippen molar-refractivity contribution in [3.63, 3.8) is 0 Å². The van der Waals surface area contributed by atoms with Gasteiger partial charge in [0.1, 0.15) is 5.60 Å². The minimum absolute atomic E-state index is 0.162. The molecule has 0 aliphatic heterocycles. The molecule has 24 heavy (non-hydrogen) atoms. The maximum atomic E-state index is 12.0. The minimum Gasteiger partial charge on any atom is -0.444 e. The molecular weight excluding hydrogens is 302 g/mol. The monoisotopic (exact) mass is 343 g/mol. The number of likely N-dealkylation sites (N-methyl/N-ethyl adjacent to an activating group) is 1. The quantitative estimate of drug-likeness (QED) is 0.612. The molecule has 144 valence electrons. The fourth-order valence-corrected chi connectivity index (χ4v) is 2.34. The second-order valence-corrected chi connectivity index (χ2v) is 9.86. The van der Waals surface area contributed by atoms with Crippen LogP contribution in [0.1, 0.15) is 82.1 Å². The lowest BCUT2D eigenvalue weighted by Gasteiger charge is -2.45. The van der Waals surface area contributed by atoms with Crippen LogP contribution in [-0.4, -0.2) is 42.4 Å². The lowest BCUT2D eigenvalue weighted by Crippen LogP contribution is -2.42. The first-order chi connectivity index (χ1) is 10.5. The summed E-state index contributed by atoms with van der Waals surface area (Å²) in [5.41, 5.74) is -0.290. The van der Waals surface area contributed by atoms with Crippen LogP contribution >= 0.6 is 0 Å². The zero-order valence-electron chi connectivity index (χ0n) is 18.0. The van der Waals surface area contributed by atoms with Gasteiger partial charge in [-0.05, 0) is 51.4 Å². The van der Waals surface area contributed by atoms with Crippen molar-refractivity contribution in [1.29, 1.82) is 0 Å². The largest absolute Gasteiger partial charge is 0.444 e. The van der Waals surface area contributed by atoms with Gasteiger partial charge in [-0.3, -0.25) is 0 Å². The standard InChI is InChI=1S/C20H41NO3/c1-12-20(10,15-19(8,9)17(2,3)4)23-14-13-21(11)16(22)24-18(5,6)7/h12-15H2,1-11H3. The van der Waals surface area contributed by atoms with E-state index in [1.807, 2.05) is 20.8 Å². The summed E-state index contributed by atoms with van der Waals surface area (Å²) in [4.78, 5) is 13.6. The number of ether oxygens (including phenoxy) is 2. The maximum absolute atomic E-state index is 12.0. The number of nitrogens with zero attached hydrogens (tertiary/aromatic N) is 1. The Bertz CT molecular complexity index is 404. The molecule has 0 rings (SSSR count). The molecule has 0 bridgehead atoms. The van der Waals surface area contributed by atoms with Crippen molar-refractivity contribution in [3.05, 3.63) is 0 Å². The van der Waals surface area contributed by atoms with Crippen LogP contribution in [0.4, 0.5) is 4.79 Å². The van der Waals surface area contributed by atoms with Gasteiger partial charge in [-0.15, -0.1) is 0 Å². The van der Waals surface area contributed by atoms with Crippen molar-refractivity contribution in [2.24, 2.45) is 10.8 Å². The van der Waals surface area contributed by atoms with Gasteiger partial charge in [-0.25, -0.2) is 4.79 Å². The summed E-state index contributed by atoms with van der Waals surface area (Å²) >= 11 is 0. The number of rotatable bonds is 7. The van der Waals surface area contributed by atoms with E-state index in [-0.39, 0.29) is 22.5 Å². The number of amides is 1. The van der Waals surface area contributed by atoms with Crippen molar-refractivity contribution in [2.75, 3.05) is 20.2 Å². The fourth-order valence-electron chi connectivity index (χ4n) is 2.34. The van der Waals surface area contributed by atoms with E-state index in [0.29, 0.717) is 13.2 Å². The Morgan fingerprint density at radius 1 is 0.958 bits per heavy atom. The molecule has 0 aromatic carbocycles. The summed E-state index contributed by atoms with van der Waals surface area (Å²) in [7, 11) is 1.75. The second kappa shape index (κ2) is 8.07. The number of hydrogen-bond acceptors (Lipinski definition) is 3. The van der Waals surface area contributed by atoms with Gasteiger partial charge in [0, 0.05) is 13.6 Å². The molecule has 0 N–H and O–H groups in total. The van der Waals surface area contributed by atoms with Crippen LogP contribution in [0.25, 0.3) is 0 Å². The van der Waals surface area contributed by atoms with E-state index in [1.54, 1.807) is 11.9 Å². The van der Waals surface area contributed by atoms with Gasteiger partial charge in [-0.1, -0.05) is 41.5 Å². The molecule has 0 spiro atoms. The molecule has 0 aromatic heterocycles. The molecule has 0 fully saturated rings. The van der Waals surface area contributed by atoms with Gasteiger partial charge >= 0.3 is 6.09 Å². The second-order valence-electron chi connectivity index (χ2n) is 9.86. The number of carbonyl (C=O) groups excluding carboxylic acids is 1.